The average Bonchev–Trinajstić information content (AvgIpc) is 2.85. The smallest absolute Gasteiger partial charge is 0.355 e. The van der Waals surface area contributed by atoms with Crippen LogP contribution in [0.1, 0.15) is 10.4 Å². The molecule has 1 heterocycles. The second-order valence-electron chi connectivity index (χ2n) is 5.50. The standard InChI is InChI=1S/C18H15BrClN3O.BrH/c1-22-16(12-4-8-15(20)9-5-12)10-23(18(22)21)11-17(24)13-2-6-14(19)7-3-13;/h2-10,21H,11H2,1H3;1H. The number of ketones is 1. The number of halogens is 3. The zero-order valence-corrected chi connectivity index (χ0v) is 17.3. The summed E-state index contributed by atoms with van der Waals surface area (Å²) in [6, 6.07) is 14.8. The van der Waals surface area contributed by atoms with Gasteiger partial charge in [0.1, 0.15) is 18.4 Å². The summed E-state index contributed by atoms with van der Waals surface area (Å²) in [5, 5.41) is 0.680. The van der Waals surface area contributed by atoms with Crippen molar-refractivity contribution < 1.29 is 26.3 Å². The van der Waals surface area contributed by atoms with Gasteiger partial charge in [-0.3, -0.25) is 10.5 Å². The number of aromatic nitrogens is 2. The molecule has 0 bridgehead atoms. The monoisotopic (exact) mass is 483 g/mol. The topological polar surface area (TPSA) is 51.9 Å². The first-order valence-corrected chi connectivity index (χ1v) is 8.52. The maximum absolute atomic E-state index is 12.5. The highest BCUT2D eigenvalue weighted by Crippen LogP contribution is 2.22. The first kappa shape index (κ1) is 19.7. The fourth-order valence-electron chi connectivity index (χ4n) is 2.51. The molecule has 25 heavy (non-hydrogen) atoms. The van der Waals surface area contributed by atoms with Crippen molar-refractivity contribution in [2.75, 3.05) is 5.73 Å². The molecule has 0 aliphatic carbocycles. The maximum Gasteiger partial charge on any atom is 0.355 e. The third kappa shape index (κ3) is 4.32. The Morgan fingerprint density at radius 3 is 2.36 bits per heavy atom. The van der Waals surface area contributed by atoms with E-state index in [1.807, 2.05) is 54.2 Å². The molecule has 0 amide bonds. The summed E-state index contributed by atoms with van der Waals surface area (Å²) < 4.78 is 4.56. The molecule has 0 radical (unpaired) electrons. The van der Waals surface area contributed by atoms with Gasteiger partial charge in [0.05, 0.1) is 7.05 Å². The van der Waals surface area contributed by atoms with Crippen LogP contribution in [0.5, 0.6) is 0 Å². The normalized spacial score (nSPS) is 10.4. The van der Waals surface area contributed by atoms with Crippen LogP contribution in [-0.2, 0) is 13.6 Å². The number of rotatable bonds is 4. The third-order valence-corrected chi connectivity index (χ3v) is 4.68. The van der Waals surface area contributed by atoms with E-state index < -0.39 is 0 Å². The third-order valence-electron chi connectivity index (χ3n) is 3.90. The number of carbonyl (C=O) groups is 1. The SMILES string of the molecule is Cn1c(-c2ccc(Cl)cc2)c[n+](CC(=O)c2ccc(Br)cc2)c1N.[Br-]. The van der Waals surface area contributed by atoms with Crippen LogP contribution >= 0.6 is 27.5 Å². The summed E-state index contributed by atoms with van der Waals surface area (Å²) in [4.78, 5) is 12.5. The van der Waals surface area contributed by atoms with Gasteiger partial charge < -0.3 is 17.0 Å². The molecule has 0 fully saturated rings. The lowest BCUT2D eigenvalue weighted by molar-refractivity contribution is -0.667. The molecule has 2 N–H and O–H groups in total. The number of hydrogen-bond acceptors (Lipinski definition) is 2. The zero-order chi connectivity index (χ0) is 17.3. The van der Waals surface area contributed by atoms with E-state index >= 15 is 0 Å². The van der Waals surface area contributed by atoms with E-state index in [0.717, 1.165) is 15.7 Å². The van der Waals surface area contributed by atoms with E-state index in [1.54, 1.807) is 16.7 Å². The first-order chi connectivity index (χ1) is 11.5. The first-order valence-electron chi connectivity index (χ1n) is 7.35. The van der Waals surface area contributed by atoms with Crippen molar-refractivity contribution in [3.05, 3.63) is 69.8 Å². The van der Waals surface area contributed by atoms with Crippen molar-refractivity contribution in [2.24, 2.45) is 7.05 Å². The molecule has 1 aromatic heterocycles. The Balaban J connectivity index is 0.00000225. The highest BCUT2D eigenvalue weighted by molar-refractivity contribution is 9.10. The van der Waals surface area contributed by atoms with Crippen molar-refractivity contribution in [3.8, 4) is 11.3 Å². The molecule has 0 saturated carbocycles. The molecule has 0 saturated heterocycles. The van der Waals surface area contributed by atoms with Gasteiger partial charge >= 0.3 is 5.95 Å². The number of imidazole rings is 1. The summed E-state index contributed by atoms with van der Waals surface area (Å²) in [5.74, 6) is 0.526. The molecule has 0 aliphatic heterocycles. The summed E-state index contributed by atoms with van der Waals surface area (Å²) in [6.45, 7) is 0.189. The number of benzene rings is 2. The van der Waals surface area contributed by atoms with Crippen LogP contribution in [0.2, 0.25) is 5.02 Å². The molecule has 0 unspecified atom stereocenters. The lowest BCUT2D eigenvalue weighted by Gasteiger charge is -2.00. The minimum Gasteiger partial charge on any atom is -1.00 e. The van der Waals surface area contributed by atoms with Gasteiger partial charge in [-0.25, -0.2) is 9.13 Å². The molecule has 0 aliphatic rings. The van der Waals surface area contributed by atoms with E-state index in [1.165, 1.54) is 0 Å². The van der Waals surface area contributed by atoms with Gasteiger partial charge in [0.2, 0.25) is 0 Å². The Kier molecular flexibility index (Phi) is 6.43. The number of nitrogens with zero attached hydrogens (tertiary/aromatic N) is 2. The molecule has 3 rings (SSSR count). The molecule has 0 spiro atoms. The maximum atomic E-state index is 12.5. The number of carbonyl (C=O) groups excluding carboxylic acids is 1. The molecule has 130 valence electrons. The van der Waals surface area contributed by atoms with Gasteiger partial charge in [0.15, 0.2) is 5.78 Å². The highest BCUT2D eigenvalue weighted by Gasteiger charge is 2.20. The number of nitrogen functional groups attached to an aromatic ring is 1. The molecule has 4 nitrogen and oxygen atoms in total. The van der Waals surface area contributed by atoms with Crippen LogP contribution in [-0.4, -0.2) is 10.4 Å². The number of nitrogens with two attached hydrogens (primary N) is 1. The fourth-order valence-corrected chi connectivity index (χ4v) is 2.90. The van der Waals surface area contributed by atoms with Crippen LogP contribution in [0.3, 0.4) is 0 Å². The van der Waals surface area contributed by atoms with Crippen molar-refractivity contribution in [2.45, 2.75) is 6.54 Å². The lowest BCUT2D eigenvalue weighted by atomic mass is 10.1. The largest absolute Gasteiger partial charge is 1.00 e. The van der Waals surface area contributed by atoms with Gasteiger partial charge in [-0.15, -0.1) is 0 Å². The van der Waals surface area contributed by atoms with E-state index in [-0.39, 0.29) is 29.3 Å². The Morgan fingerprint density at radius 2 is 1.76 bits per heavy atom. The molecule has 0 atom stereocenters. The van der Waals surface area contributed by atoms with E-state index in [2.05, 4.69) is 15.9 Å². The summed E-state index contributed by atoms with van der Waals surface area (Å²) >= 11 is 9.31. The Bertz CT molecular complexity index is 890. The van der Waals surface area contributed by atoms with E-state index in [0.29, 0.717) is 16.5 Å². The molecule has 3 aromatic rings. The van der Waals surface area contributed by atoms with Crippen LogP contribution in [0.4, 0.5) is 5.95 Å². The molecular formula is C18H16Br2ClN3O. The van der Waals surface area contributed by atoms with Gasteiger partial charge in [0.25, 0.3) is 0 Å². The molecular weight excluding hydrogens is 469 g/mol. The second-order valence-corrected chi connectivity index (χ2v) is 6.85. The van der Waals surface area contributed by atoms with Crippen LogP contribution < -0.4 is 27.3 Å². The predicted octanol–water partition coefficient (Wildman–Crippen LogP) is 0.865. The van der Waals surface area contributed by atoms with E-state index in [9.17, 15) is 4.79 Å². The minimum absolute atomic E-state index is 0. The van der Waals surface area contributed by atoms with Crippen molar-refractivity contribution >= 4 is 39.3 Å². The summed E-state index contributed by atoms with van der Waals surface area (Å²) in [5.41, 5.74) is 8.73. The molecule has 2 aromatic carbocycles. The number of hydrogen-bond donors (Lipinski definition) is 1. The zero-order valence-electron chi connectivity index (χ0n) is 13.4. The van der Waals surface area contributed by atoms with Crippen molar-refractivity contribution in [3.63, 3.8) is 0 Å². The second kappa shape index (κ2) is 8.17. The fraction of sp³-hybridized carbons (Fsp3) is 0.111. The number of anilines is 1. The van der Waals surface area contributed by atoms with E-state index in [4.69, 9.17) is 17.3 Å². The molecule has 7 heteroatoms. The Hall–Kier alpha value is -1.63. The van der Waals surface area contributed by atoms with Gasteiger partial charge in [-0.1, -0.05) is 39.7 Å². The highest BCUT2D eigenvalue weighted by atomic mass is 79.9. The van der Waals surface area contributed by atoms with Crippen LogP contribution in [0.25, 0.3) is 11.3 Å². The average molecular weight is 486 g/mol. The number of Topliss-reactive ketones (excluding diaryl/α,β-unsaturated/α-hetero) is 1. The predicted molar refractivity (Wildman–Crippen MR) is 98.9 cm³/mol. The lowest BCUT2D eigenvalue weighted by Crippen LogP contribution is -3.00. The van der Waals surface area contributed by atoms with Crippen molar-refractivity contribution in [1.29, 1.82) is 0 Å². The summed E-state index contributed by atoms with van der Waals surface area (Å²) in [6.07, 6.45) is 1.88. The van der Waals surface area contributed by atoms with Gasteiger partial charge in [-0.2, -0.15) is 0 Å². The van der Waals surface area contributed by atoms with Gasteiger partial charge in [-0.05, 0) is 36.4 Å². The van der Waals surface area contributed by atoms with Crippen LogP contribution in [0.15, 0.2) is 59.2 Å². The Morgan fingerprint density at radius 1 is 1.16 bits per heavy atom. The van der Waals surface area contributed by atoms with Crippen LogP contribution in [0, 0.1) is 0 Å². The minimum atomic E-state index is 0. The van der Waals surface area contributed by atoms with Crippen molar-refractivity contribution in [1.82, 2.24) is 4.57 Å². The quantitative estimate of drug-likeness (QED) is 0.441. The Labute approximate surface area is 170 Å². The summed E-state index contributed by atoms with van der Waals surface area (Å²) in [7, 11) is 1.87. The van der Waals surface area contributed by atoms with Gasteiger partial charge in [0, 0.05) is 20.6 Å².